The Morgan fingerprint density at radius 2 is 2.06 bits per heavy atom. The van der Waals surface area contributed by atoms with E-state index in [-0.39, 0.29) is 5.69 Å². The number of carboxylic acid groups (broad SMARTS) is 1. The van der Waals surface area contributed by atoms with Crippen molar-refractivity contribution in [1.29, 1.82) is 0 Å². The number of H-pyrrole nitrogens is 1. The Labute approximate surface area is 98.0 Å². The number of halogens is 1. The van der Waals surface area contributed by atoms with Crippen LogP contribution >= 0.6 is 11.6 Å². The predicted molar refractivity (Wildman–Crippen MR) is 59.6 cm³/mol. The third-order valence-electron chi connectivity index (χ3n) is 2.54. The number of hydrogen-bond donors (Lipinski definition) is 2. The number of aromatic amines is 1. The maximum absolute atomic E-state index is 11.9. The van der Waals surface area contributed by atoms with Crippen LogP contribution in [0, 0.1) is 0 Å². The van der Waals surface area contributed by atoms with E-state index in [2.05, 4.69) is 4.98 Å². The van der Waals surface area contributed by atoms with Gasteiger partial charge >= 0.3 is 5.97 Å². The van der Waals surface area contributed by atoms with E-state index in [1.54, 1.807) is 0 Å². The highest BCUT2D eigenvalue weighted by atomic mass is 35.5. The van der Waals surface area contributed by atoms with Gasteiger partial charge in [-0.1, -0.05) is 11.6 Å². The average molecular weight is 245 g/mol. The van der Waals surface area contributed by atoms with Crippen molar-refractivity contribution in [1.82, 2.24) is 9.88 Å². The Bertz CT molecular complexity index is 425. The van der Waals surface area contributed by atoms with Crippen LogP contribution in [0.2, 0.25) is 5.02 Å². The molecule has 0 fully saturated rings. The zero-order valence-electron chi connectivity index (χ0n) is 9.24. The minimum atomic E-state index is -1.27. The van der Waals surface area contributed by atoms with Crippen LogP contribution in [0.4, 0.5) is 0 Å². The normalized spacial score (nSPS) is 11.2. The fourth-order valence-corrected chi connectivity index (χ4v) is 1.23. The second-order valence-corrected chi connectivity index (χ2v) is 4.40. The molecular weight excluding hydrogens is 232 g/mol. The Kier molecular flexibility index (Phi) is 3.28. The lowest BCUT2D eigenvalue weighted by molar-refractivity contribution is -0.147. The number of carbonyl (C=O) groups excluding carboxylic acids is 1. The summed E-state index contributed by atoms with van der Waals surface area (Å²) in [6.07, 6.45) is 1.47. The number of aromatic nitrogens is 1. The molecule has 16 heavy (non-hydrogen) atoms. The molecule has 0 radical (unpaired) electrons. The first-order chi connectivity index (χ1) is 7.26. The van der Waals surface area contributed by atoms with Crippen LogP contribution in [0.3, 0.4) is 0 Å². The number of rotatable bonds is 3. The molecule has 0 aromatic carbocycles. The minimum Gasteiger partial charge on any atom is -0.480 e. The van der Waals surface area contributed by atoms with Crippen molar-refractivity contribution in [3.8, 4) is 0 Å². The number of likely N-dealkylation sites (N-methyl/N-ethyl adjacent to an activating group) is 1. The van der Waals surface area contributed by atoms with Crippen molar-refractivity contribution in [2.45, 2.75) is 19.4 Å². The molecule has 0 bridgehead atoms. The molecule has 0 unspecified atom stereocenters. The molecule has 1 amide bonds. The first kappa shape index (κ1) is 12.6. The Morgan fingerprint density at radius 1 is 1.50 bits per heavy atom. The van der Waals surface area contributed by atoms with E-state index >= 15 is 0 Å². The second-order valence-electron chi connectivity index (χ2n) is 3.96. The summed E-state index contributed by atoms with van der Waals surface area (Å²) in [5, 5.41) is 9.39. The highest BCUT2D eigenvalue weighted by Crippen LogP contribution is 2.17. The molecule has 88 valence electrons. The summed E-state index contributed by atoms with van der Waals surface area (Å²) in [6, 6.07) is 1.46. The molecule has 1 aromatic rings. The Hall–Kier alpha value is -1.49. The lowest BCUT2D eigenvalue weighted by atomic mass is 10.0. The fourth-order valence-electron chi connectivity index (χ4n) is 1.07. The smallest absolute Gasteiger partial charge is 0.329 e. The standard InChI is InChI=1S/C10H13ClN2O3/c1-10(2,9(15)16)13(3)8(14)7-4-6(11)5-12-7/h4-5,12H,1-3H3,(H,15,16). The van der Waals surface area contributed by atoms with E-state index in [9.17, 15) is 9.59 Å². The molecule has 1 rings (SSSR count). The lowest BCUT2D eigenvalue weighted by Gasteiger charge is -2.31. The van der Waals surface area contributed by atoms with Gasteiger partial charge in [0, 0.05) is 13.2 Å². The summed E-state index contributed by atoms with van der Waals surface area (Å²) in [5.41, 5.74) is -1.00. The molecule has 6 heteroatoms. The van der Waals surface area contributed by atoms with Crippen LogP contribution < -0.4 is 0 Å². The lowest BCUT2D eigenvalue weighted by Crippen LogP contribution is -2.50. The van der Waals surface area contributed by atoms with Gasteiger partial charge in [0.2, 0.25) is 0 Å². The molecule has 0 aliphatic heterocycles. The summed E-state index contributed by atoms with van der Waals surface area (Å²) in [7, 11) is 1.44. The number of carboxylic acids is 1. The van der Waals surface area contributed by atoms with E-state index in [4.69, 9.17) is 16.7 Å². The van der Waals surface area contributed by atoms with Crippen molar-refractivity contribution in [3.05, 3.63) is 23.0 Å². The van der Waals surface area contributed by atoms with Crippen LogP contribution in [0.1, 0.15) is 24.3 Å². The maximum Gasteiger partial charge on any atom is 0.329 e. The van der Waals surface area contributed by atoms with Gasteiger partial charge in [-0.15, -0.1) is 0 Å². The quantitative estimate of drug-likeness (QED) is 0.848. The van der Waals surface area contributed by atoms with Gasteiger partial charge in [0.15, 0.2) is 0 Å². The highest BCUT2D eigenvalue weighted by molar-refractivity contribution is 6.31. The minimum absolute atomic E-state index is 0.266. The number of carbonyl (C=O) groups is 2. The maximum atomic E-state index is 11.9. The van der Waals surface area contributed by atoms with Gasteiger partial charge < -0.3 is 15.0 Å². The zero-order chi connectivity index (χ0) is 12.5. The SMILES string of the molecule is CN(C(=O)c1cc(Cl)c[nH]1)C(C)(C)C(=O)O. The molecule has 5 nitrogen and oxygen atoms in total. The first-order valence-electron chi connectivity index (χ1n) is 4.62. The third kappa shape index (κ3) is 2.19. The third-order valence-corrected chi connectivity index (χ3v) is 2.76. The molecule has 0 atom stereocenters. The van der Waals surface area contributed by atoms with E-state index in [0.29, 0.717) is 5.02 Å². The molecule has 0 saturated heterocycles. The summed E-state index contributed by atoms with van der Waals surface area (Å²) in [5.74, 6) is -1.49. The van der Waals surface area contributed by atoms with Crippen LogP contribution in [0.5, 0.6) is 0 Å². The number of nitrogens with zero attached hydrogens (tertiary/aromatic N) is 1. The van der Waals surface area contributed by atoms with Gasteiger partial charge in [-0.2, -0.15) is 0 Å². The van der Waals surface area contributed by atoms with E-state index < -0.39 is 17.4 Å². The molecule has 0 aliphatic rings. The molecule has 0 spiro atoms. The Morgan fingerprint density at radius 3 is 2.44 bits per heavy atom. The molecule has 2 N–H and O–H groups in total. The molecule has 0 aliphatic carbocycles. The van der Waals surface area contributed by atoms with Crippen molar-refractivity contribution in [2.24, 2.45) is 0 Å². The van der Waals surface area contributed by atoms with E-state index in [1.165, 1.54) is 33.2 Å². The predicted octanol–water partition coefficient (Wildman–Crippen LogP) is 1.60. The number of amides is 1. The fraction of sp³-hybridized carbons (Fsp3) is 0.400. The first-order valence-corrected chi connectivity index (χ1v) is 5.00. The molecule has 1 heterocycles. The number of nitrogens with one attached hydrogen (secondary N) is 1. The second kappa shape index (κ2) is 4.17. The van der Waals surface area contributed by atoms with Gasteiger partial charge in [-0.25, -0.2) is 4.79 Å². The van der Waals surface area contributed by atoms with Crippen molar-refractivity contribution in [3.63, 3.8) is 0 Å². The largest absolute Gasteiger partial charge is 0.480 e. The topological polar surface area (TPSA) is 73.4 Å². The van der Waals surface area contributed by atoms with E-state index in [0.717, 1.165) is 4.90 Å². The summed E-state index contributed by atoms with van der Waals surface area (Å²) in [6.45, 7) is 2.91. The summed E-state index contributed by atoms with van der Waals surface area (Å²) < 4.78 is 0. The number of aliphatic carboxylic acids is 1. The highest BCUT2D eigenvalue weighted by Gasteiger charge is 2.35. The zero-order valence-corrected chi connectivity index (χ0v) is 10.00. The van der Waals surface area contributed by atoms with Crippen molar-refractivity contribution >= 4 is 23.5 Å². The molecule has 1 aromatic heterocycles. The molecule has 0 saturated carbocycles. The van der Waals surface area contributed by atoms with Crippen LogP contribution in [0.15, 0.2) is 12.3 Å². The number of hydrogen-bond acceptors (Lipinski definition) is 2. The van der Waals surface area contributed by atoms with Gasteiger partial charge in [-0.05, 0) is 19.9 Å². The van der Waals surface area contributed by atoms with Crippen molar-refractivity contribution < 1.29 is 14.7 Å². The van der Waals surface area contributed by atoms with Gasteiger partial charge in [0.05, 0.1) is 5.02 Å². The van der Waals surface area contributed by atoms with E-state index in [1.807, 2.05) is 0 Å². The summed E-state index contributed by atoms with van der Waals surface area (Å²) >= 11 is 5.67. The van der Waals surface area contributed by atoms with Gasteiger partial charge in [-0.3, -0.25) is 4.79 Å². The average Bonchev–Trinajstić information content (AvgIpc) is 2.62. The van der Waals surface area contributed by atoms with Crippen molar-refractivity contribution in [2.75, 3.05) is 7.05 Å². The molecular formula is C10H13ClN2O3. The Balaban J connectivity index is 2.95. The van der Waals surface area contributed by atoms with Crippen LogP contribution in [-0.2, 0) is 4.79 Å². The monoisotopic (exact) mass is 244 g/mol. The van der Waals surface area contributed by atoms with Gasteiger partial charge in [0.1, 0.15) is 11.2 Å². The van der Waals surface area contributed by atoms with Crippen LogP contribution in [0.25, 0.3) is 0 Å². The van der Waals surface area contributed by atoms with Crippen LogP contribution in [-0.4, -0.2) is 39.5 Å². The van der Waals surface area contributed by atoms with Gasteiger partial charge in [0.25, 0.3) is 5.91 Å². The summed E-state index contributed by atoms with van der Waals surface area (Å²) in [4.78, 5) is 26.7.